The molecule has 0 atom stereocenters. The number of nitrogens with one attached hydrogen (secondary N) is 2. The monoisotopic (exact) mass is 351 g/mol. The van der Waals surface area contributed by atoms with Crippen LogP contribution < -0.4 is 10.6 Å². The van der Waals surface area contributed by atoms with Crippen LogP contribution in [0.3, 0.4) is 0 Å². The highest BCUT2D eigenvalue weighted by molar-refractivity contribution is 6.36. The predicted molar refractivity (Wildman–Crippen MR) is 92.5 cm³/mol. The van der Waals surface area contributed by atoms with Crippen LogP contribution in [0, 0.1) is 13.8 Å². The Morgan fingerprint density at radius 3 is 2.35 bits per heavy atom. The number of benzene rings is 1. The Bertz CT molecular complexity index is 756. The van der Waals surface area contributed by atoms with Gasteiger partial charge in [-0.2, -0.15) is 4.99 Å². The third kappa shape index (κ3) is 5.19. The molecule has 2 aromatic rings. The molecular weight excluding hydrogens is 337 g/mol. The molecule has 0 radical (unpaired) electrons. The van der Waals surface area contributed by atoms with Crippen LogP contribution in [0.4, 0.5) is 11.6 Å². The third-order valence-corrected chi connectivity index (χ3v) is 3.21. The normalized spacial score (nSPS) is 11.3. The van der Waals surface area contributed by atoms with E-state index < -0.39 is 0 Å². The smallest absolute Gasteiger partial charge is 0.253 e. The number of amides is 1. The van der Waals surface area contributed by atoms with Crippen molar-refractivity contribution in [2.75, 3.05) is 5.32 Å². The molecule has 1 heterocycles. The van der Waals surface area contributed by atoms with E-state index in [-0.39, 0.29) is 17.8 Å². The molecule has 2 N–H and O–H groups in total. The van der Waals surface area contributed by atoms with E-state index in [1.54, 1.807) is 18.2 Å². The molecule has 6 nitrogen and oxygen atoms in total. The number of aliphatic imine (C=N–C) groups is 1. The number of hydrogen-bond acceptors (Lipinski definition) is 4. The second-order valence-electron chi connectivity index (χ2n) is 4.84. The summed E-state index contributed by atoms with van der Waals surface area (Å²) in [7, 11) is 0. The quantitative estimate of drug-likeness (QED) is 0.639. The first-order valence-electron chi connectivity index (χ1n) is 6.74. The molecule has 1 amide bonds. The number of rotatable bonds is 2. The van der Waals surface area contributed by atoms with Crippen LogP contribution in [0.15, 0.2) is 29.3 Å². The molecule has 0 unspecified atom stereocenters. The summed E-state index contributed by atoms with van der Waals surface area (Å²) in [6.45, 7) is 5.06. The van der Waals surface area contributed by atoms with Crippen LogP contribution >= 0.6 is 23.2 Å². The van der Waals surface area contributed by atoms with Crippen LogP contribution in [0.1, 0.15) is 18.3 Å². The van der Waals surface area contributed by atoms with Gasteiger partial charge in [0, 0.05) is 23.3 Å². The van der Waals surface area contributed by atoms with Crippen LogP contribution in [0.2, 0.25) is 10.0 Å². The maximum atomic E-state index is 11.4. The Balaban J connectivity index is 2.36. The van der Waals surface area contributed by atoms with E-state index in [9.17, 15) is 4.79 Å². The number of guanidine groups is 1. The molecule has 0 aliphatic rings. The Kier molecular flexibility index (Phi) is 5.52. The largest absolute Gasteiger partial charge is 0.324 e. The summed E-state index contributed by atoms with van der Waals surface area (Å²) in [5.41, 5.74) is 2.11. The van der Waals surface area contributed by atoms with Crippen molar-refractivity contribution in [3.63, 3.8) is 0 Å². The van der Waals surface area contributed by atoms with Crippen molar-refractivity contribution in [3.05, 3.63) is 45.7 Å². The molecule has 120 valence electrons. The van der Waals surface area contributed by atoms with Gasteiger partial charge in [0.2, 0.25) is 11.9 Å². The van der Waals surface area contributed by atoms with Gasteiger partial charge in [0.05, 0.1) is 10.7 Å². The van der Waals surface area contributed by atoms with Gasteiger partial charge in [-0.05, 0) is 38.1 Å². The summed E-state index contributed by atoms with van der Waals surface area (Å²) in [4.78, 5) is 24.1. The van der Waals surface area contributed by atoms with Gasteiger partial charge in [0.25, 0.3) is 5.95 Å². The minimum atomic E-state index is -0.286. The van der Waals surface area contributed by atoms with Crippen LogP contribution in [-0.2, 0) is 4.79 Å². The Labute approximate surface area is 144 Å². The first kappa shape index (κ1) is 17.2. The number of hydrogen-bond donors (Lipinski definition) is 2. The lowest BCUT2D eigenvalue weighted by molar-refractivity contribution is -0.117. The highest BCUT2D eigenvalue weighted by atomic mass is 35.5. The lowest BCUT2D eigenvalue weighted by Crippen LogP contribution is -2.34. The van der Waals surface area contributed by atoms with Gasteiger partial charge in [-0.15, -0.1) is 0 Å². The second kappa shape index (κ2) is 7.39. The summed E-state index contributed by atoms with van der Waals surface area (Å²) in [5, 5.41) is 6.44. The van der Waals surface area contributed by atoms with E-state index in [2.05, 4.69) is 25.6 Å². The molecular formula is C15H15Cl2N5O. The summed E-state index contributed by atoms with van der Waals surface area (Å²) < 4.78 is 0. The first-order valence-corrected chi connectivity index (χ1v) is 7.50. The van der Waals surface area contributed by atoms with Gasteiger partial charge in [0.1, 0.15) is 0 Å². The molecule has 0 aliphatic heterocycles. The van der Waals surface area contributed by atoms with E-state index in [0.717, 1.165) is 11.4 Å². The van der Waals surface area contributed by atoms with Gasteiger partial charge >= 0.3 is 0 Å². The maximum Gasteiger partial charge on any atom is 0.253 e. The highest BCUT2D eigenvalue weighted by Crippen LogP contribution is 2.25. The molecule has 8 heteroatoms. The molecule has 0 saturated carbocycles. The predicted octanol–water partition coefficient (Wildman–Crippen LogP) is 3.64. The van der Waals surface area contributed by atoms with Crippen molar-refractivity contribution in [2.24, 2.45) is 4.99 Å². The zero-order valence-corrected chi connectivity index (χ0v) is 14.3. The summed E-state index contributed by atoms with van der Waals surface area (Å²) in [5.74, 6) is 0.126. The molecule has 0 aliphatic carbocycles. The number of carbonyl (C=O) groups is 1. The van der Waals surface area contributed by atoms with Crippen molar-refractivity contribution in [3.8, 4) is 0 Å². The number of anilines is 1. The van der Waals surface area contributed by atoms with Gasteiger partial charge < -0.3 is 5.32 Å². The molecule has 23 heavy (non-hydrogen) atoms. The lowest BCUT2D eigenvalue weighted by atomic mass is 10.3. The van der Waals surface area contributed by atoms with E-state index in [1.165, 1.54) is 6.92 Å². The molecule has 0 fully saturated rings. The molecule has 0 saturated heterocycles. The van der Waals surface area contributed by atoms with Crippen LogP contribution in [-0.4, -0.2) is 21.8 Å². The first-order chi connectivity index (χ1) is 10.8. The zero-order valence-electron chi connectivity index (χ0n) is 12.8. The van der Waals surface area contributed by atoms with Gasteiger partial charge in [0.15, 0.2) is 0 Å². The summed E-state index contributed by atoms with van der Waals surface area (Å²) in [6, 6.07) is 6.78. The standard InChI is InChI=1S/C15H15Cl2N5O/c1-8-6-9(2)19-14(18-8)22-15(20-10(3)23)21-13-5-4-11(16)7-12(13)17/h4-7H,1-3H3,(H2,18,19,20,21,22,23). The Morgan fingerprint density at radius 1 is 1.13 bits per heavy atom. The van der Waals surface area contributed by atoms with Gasteiger partial charge in [-0.1, -0.05) is 23.2 Å². The Hall–Kier alpha value is -2.18. The molecule has 0 bridgehead atoms. The number of halogens is 2. The summed E-state index contributed by atoms with van der Waals surface area (Å²) in [6.07, 6.45) is 0. The molecule has 0 spiro atoms. The topological polar surface area (TPSA) is 79.3 Å². The van der Waals surface area contributed by atoms with E-state index in [0.29, 0.717) is 15.7 Å². The Morgan fingerprint density at radius 2 is 1.78 bits per heavy atom. The highest BCUT2D eigenvalue weighted by Gasteiger charge is 2.08. The van der Waals surface area contributed by atoms with Gasteiger partial charge in [-0.3, -0.25) is 10.1 Å². The van der Waals surface area contributed by atoms with Crippen LogP contribution in [0.25, 0.3) is 0 Å². The lowest BCUT2D eigenvalue weighted by Gasteiger charge is -2.11. The van der Waals surface area contributed by atoms with E-state index in [4.69, 9.17) is 23.2 Å². The number of carbonyl (C=O) groups excluding carboxylic acids is 1. The molecule has 1 aromatic carbocycles. The minimum absolute atomic E-state index is 0.173. The third-order valence-electron chi connectivity index (χ3n) is 2.66. The average molecular weight is 352 g/mol. The maximum absolute atomic E-state index is 11.4. The minimum Gasteiger partial charge on any atom is -0.324 e. The fraction of sp³-hybridized carbons (Fsp3) is 0.200. The van der Waals surface area contributed by atoms with E-state index in [1.807, 2.05) is 19.9 Å². The van der Waals surface area contributed by atoms with E-state index >= 15 is 0 Å². The average Bonchev–Trinajstić information content (AvgIpc) is 2.40. The van der Waals surface area contributed by atoms with Crippen molar-refractivity contribution in [1.82, 2.24) is 15.3 Å². The van der Waals surface area contributed by atoms with Crippen molar-refractivity contribution in [2.45, 2.75) is 20.8 Å². The molecule has 1 aromatic heterocycles. The number of nitrogens with zero attached hydrogens (tertiary/aromatic N) is 3. The zero-order chi connectivity index (χ0) is 17.0. The number of aromatic nitrogens is 2. The van der Waals surface area contributed by atoms with Gasteiger partial charge in [-0.25, -0.2) is 9.97 Å². The van der Waals surface area contributed by atoms with Crippen molar-refractivity contribution >= 4 is 46.7 Å². The fourth-order valence-corrected chi connectivity index (χ4v) is 2.29. The fourth-order valence-electron chi connectivity index (χ4n) is 1.83. The van der Waals surface area contributed by atoms with Crippen molar-refractivity contribution in [1.29, 1.82) is 0 Å². The van der Waals surface area contributed by atoms with Crippen molar-refractivity contribution < 1.29 is 4.79 Å². The second-order valence-corrected chi connectivity index (χ2v) is 5.69. The van der Waals surface area contributed by atoms with Crippen LogP contribution in [0.5, 0.6) is 0 Å². The summed E-state index contributed by atoms with van der Waals surface area (Å²) >= 11 is 12.0. The SMILES string of the molecule is CC(=O)N/C(=N\c1nc(C)cc(C)n1)Nc1ccc(Cl)cc1Cl. The molecule has 2 rings (SSSR count). The number of aryl methyl sites for hydroxylation is 2.